The maximum Gasteiger partial charge on any atom is 0.253 e. The summed E-state index contributed by atoms with van der Waals surface area (Å²) in [4.78, 5) is 14.3. The summed E-state index contributed by atoms with van der Waals surface area (Å²) in [7, 11) is -3.71. The third-order valence-electron chi connectivity index (χ3n) is 4.26. The van der Waals surface area contributed by atoms with Crippen LogP contribution >= 0.6 is 23.2 Å². The molecule has 2 heterocycles. The smallest absolute Gasteiger partial charge is 0.253 e. The molecule has 0 aliphatic carbocycles. The maximum atomic E-state index is 12.8. The van der Waals surface area contributed by atoms with Crippen molar-refractivity contribution >= 4 is 39.1 Å². The first-order valence-electron chi connectivity index (χ1n) is 7.89. The summed E-state index contributed by atoms with van der Waals surface area (Å²) in [6.45, 7) is 4.10. The van der Waals surface area contributed by atoms with Crippen LogP contribution in [0.25, 0.3) is 0 Å². The highest BCUT2D eigenvalue weighted by atomic mass is 35.5. The average Bonchev–Trinajstić information content (AvgIpc) is 2.96. The van der Waals surface area contributed by atoms with Crippen LogP contribution < -0.4 is 0 Å². The molecule has 1 amide bonds. The van der Waals surface area contributed by atoms with Gasteiger partial charge in [-0.3, -0.25) is 4.79 Å². The van der Waals surface area contributed by atoms with Crippen LogP contribution in [0, 0.1) is 13.8 Å². The minimum atomic E-state index is -3.71. The molecule has 0 spiro atoms. The van der Waals surface area contributed by atoms with Gasteiger partial charge in [0.05, 0.1) is 10.0 Å². The fourth-order valence-electron chi connectivity index (χ4n) is 2.92. The van der Waals surface area contributed by atoms with Crippen LogP contribution in [-0.2, 0) is 10.0 Å². The molecule has 0 unspecified atom stereocenters. The minimum absolute atomic E-state index is 0.0989. The van der Waals surface area contributed by atoms with E-state index in [1.165, 1.54) is 10.4 Å². The second-order valence-electron chi connectivity index (χ2n) is 5.98. The Morgan fingerprint density at radius 1 is 1.12 bits per heavy atom. The van der Waals surface area contributed by atoms with Crippen molar-refractivity contribution in [1.29, 1.82) is 0 Å². The molecule has 7 nitrogen and oxygen atoms in total. The molecule has 1 fully saturated rings. The lowest BCUT2D eigenvalue weighted by Gasteiger charge is -2.34. The predicted octanol–water partition coefficient (Wildman–Crippen LogP) is 2.74. The topological polar surface area (TPSA) is 83.7 Å². The Balaban J connectivity index is 1.73. The van der Waals surface area contributed by atoms with Gasteiger partial charge in [0.2, 0.25) is 10.0 Å². The van der Waals surface area contributed by atoms with Gasteiger partial charge >= 0.3 is 0 Å². The van der Waals surface area contributed by atoms with Gasteiger partial charge in [-0.25, -0.2) is 8.42 Å². The number of sulfonamides is 1. The molecular formula is C16H17Cl2N3O4S. The molecule has 2 aromatic rings. The Kier molecular flexibility index (Phi) is 5.30. The summed E-state index contributed by atoms with van der Waals surface area (Å²) in [5, 5.41) is 4.38. The van der Waals surface area contributed by atoms with Crippen molar-refractivity contribution in [2.75, 3.05) is 26.2 Å². The number of benzene rings is 1. The predicted molar refractivity (Wildman–Crippen MR) is 97.1 cm³/mol. The monoisotopic (exact) mass is 417 g/mol. The van der Waals surface area contributed by atoms with Crippen LogP contribution in [0.4, 0.5) is 0 Å². The Morgan fingerprint density at radius 3 is 2.31 bits per heavy atom. The van der Waals surface area contributed by atoms with Crippen LogP contribution in [0.1, 0.15) is 21.8 Å². The first-order chi connectivity index (χ1) is 12.2. The fraction of sp³-hybridized carbons (Fsp3) is 0.375. The van der Waals surface area contributed by atoms with E-state index in [-0.39, 0.29) is 42.7 Å². The highest BCUT2D eigenvalue weighted by Gasteiger charge is 2.34. The van der Waals surface area contributed by atoms with Crippen LogP contribution in [0.3, 0.4) is 0 Å². The van der Waals surface area contributed by atoms with E-state index in [0.29, 0.717) is 21.3 Å². The molecule has 0 saturated carbocycles. The third kappa shape index (κ3) is 3.46. The maximum absolute atomic E-state index is 12.8. The van der Waals surface area contributed by atoms with Gasteiger partial charge in [-0.2, -0.15) is 4.31 Å². The van der Waals surface area contributed by atoms with E-state index in [1.807, 2.05) is 0 Å². The number of carbonyl (C=O) groups is 1. The average molecular weight is 418 g/mol. The highest BCUT2D eigenvalue weighted by Crippen LogP contribution is 2.26. The Hall–Kier alpha value is -1.61. The van der Waals surface area contributed by atoms with Crippen molar-refractivity contribution in [2.45, 2.75) is 18.7 Å². The van der Waals surface area contributed by atoms with E-state index in [0.717, 1.165) is 0 Å². The first kappa shape index (κ1) is 19.2. The molecule has 0 N–H and O–H groups in total. The molecule has 1 aromatic carbocycles. The molecule has 140 valence electrons. The van der Waals surface area contributed by atoms with Gasteiger partial charge in [0.15, 0.2) is 5.76 Å². The zero-order valence-corrected chi connectivity index (χ0v) is 16.5. The van der Waals surface area contributed by atoms with E-state index in [2.05, 4.69) is 5.16 Å². The minimum Gasteiger partial charge on any atom is -0.360 e. The van der Waals surface area contributed by atoms with E-state index in [1.54, 1.807) is 30.9 Å². The van der Waals surface area contributed by atoms with Gasteiger partial charge in [-0.05, 0) is 32.0 Å². The quantitative estimate of drug-likeness (QED) is 0.766. The molecule has 10 heteroatoms. The number of aromatic nitrogens is 1. The molecule has 1 aliphatic rings. The van der Waals surface area contributed by atoms with Gasteiger partial charge in [-0.15, -0.1) is 0 Å². The van der Waals surface area contributed by atoms with Crippen molar-refractivity contribution < 1.29 is 17.7 Å². The Labute approximate surface area is 161 Å². The van der Waals surface area contributed by atoms with E-state index in [9.17, 15) is 13.2 Å². The molecule has 1 aliphatic heterocycles. The SMILES string of the molecule is Cc1noc(C)c1S(=O)(=O)N1CCN(C(=O)c2ccc(Cl)c(Cl)c2)CC1. The first-order valence-corrected chi connectivity index (χ1v) is 10.1. The van der Waals surface area contributed by atoms with Crippen LogP contribution in [0.2, 0.25) is 10.0 Å². The van der Waals surface area contributed by atoms with Crippen LogP contribution in [0.15, 0.2) is 27.6 Å². The van der Waals surface area contributed by atoms with Crippen molar-refractivity contribution in [2.24, 2.45) is 0 Å². The molecule has 26 heavy (non-hydrogen) atoms. The summed E-state index contributed by atoms with van der Waals surface area (Å²) in [6.07, 6.45) is 0. The summed E-state index contributed by atoms with van der Waals surface area (Å²) in [5.74, 6) is 0.0507. The van der Waals surface area contributed by atoms with Crippen LogP contribution in [0.5, 0.6) is 0 Å². The second kappa shape index (κ2) is 7.19. The van der Waals surface area contributed by atoms with E-state index >= 15 is 0 Å². The van der Waals surface area contributed by atoms with Gasteiger partial charge < -0.3 is 9.42 Å². The van der Waals surface area contributed by atoms with Crippen molar-refractivity contribution in [3.05, 3.63) is 45.3 Å². The Morgan fingerprint density at radius 2 is 1.77 bits per heavy atom. The zero-order chi connectivity index (χ0) is 19.1. The van der Waals surface area contributed by atoms with Crippen molar-refractivity contribution in [1.82, 2.24) is 14.4 Å². The van der Waals surface area contributed by atoms with Gasteiger partial charge in [0, 0.05) is 31.7 Å². The molecule has 0 atom stereocenters. The largest absolute Gasteiger partial charge is 0.360 e. The summed E-state index contributed by atoms with van der Waals surface area (Å²) in [5.41, 5.74) is 0.748. The number of nitrogens with zero attached hydrogens (tertiary/aromatic N) is 3. The lowest BCUT2D eigenvalue weighted by molar-refractivity contribution is 0.0698. The van der Waals surface area contributed by atoms with Gasteiger partial charge in [0.1, 0.15) is 10.6 Å². The number of amides is 1. The number of carbonyl (C=O) groups excluding carboxylic acids is 1. The molecule has 0 bridgehead atoms. The number of hydrogen-bond acceptors (Lipinski definition) is 5. The summed E-state index contributed by atoms with van der Waals surface area (Å²) in [6, 6.07) is 4.68. The van der Waals surface area contributed by atoms with Crippen LogP contribution in [-0.4, -0.2) is 54.9 Å². The molecule has 3 rings (SSSR count). The molecule has 1 saturated heterocycles. The molecular weight excluding hydrogens is 401 g/mol. The number of piperazine rings is 1. The van der Waals surface area contributed by atoms with E-state index < -0.39 is 10.0 Å². The zero-order valence-electron chi connectivity index (χ0n) is 14.2. The highest BCUT2D eigenvalue weighted by molar-refractivity contribution is 7.89. The van der Waals surface area contributed by atoms with Crippen molar-refractivity contribution in [3.63, 3.8) is 0 Å². The van der Waals surface area contributed by atoms with Gasteiger partial charge in [0.25, 0.3) is 5.91 Å². The molecule has 1 aromatic heterocycles. The second-order valence-corrected chi connectivity index (χ2v) is 8.67. The lowest BCUT2D eigenvalue weighted by atomic mass is 10.2. The third-order valence-corrected chi connectivity index (χ3v) is 7.14. The number of hydrogen-bond donors (Lipinski definition) is 0. The number of rotatable bonds is 3. The molecule has 0 radical (unpaired) electrons. The normalized spacial score (nSPS) is 16.1. The van der Waals surface area contributed by atoms with E-state index in [4.69, 9.17) is 27.7 Å². The van der Waals surface area contributed by atoms with Crippen molar-refractivity contribution in [3.8, 4) is 0 Å². The lowest BCUT2D eigenvalue weighted by Crippen LogP contribution is -2.50. The summed E-state index contributed by atoms with van der Waals surface area (Å²) >= 11 is 11.8. The van der Waals surface area contributed by atoms with Gasteiger partial charge in [-0.1, -0.05) is 28.4 Å². The summed E-state index contributed by atoms with van der Waals surface area (Å²) < 4.78 is 31.9. The standard InChI is InChI=1S/C16H17Cl2N3O4S/c1-10-15(11(2)25-19-10)26(23,24)21-7-5-20(6-8-21)16(22)12-3-4-13(17)14(18)9-12/h3-4,9H,5-8H2,1-2H3. The Bertz CT molecular complexity index is 931. The number of halogens is 2. The fourth-order valence-corrected chi connectivity index (χ4v) is 4.93. The number of aryl methyl sites for hydroxylation is 2.